The van der Waals surface area contributed by atoms with Gasteiger partial charge in [0.05, 0.1) is 6.42 Å². The van der Waals surface area contributed by atoms with Crippen molar-refractivity contribution < 1.29 is 23.8 Å². The number of hydrogen-bond acceptors (Lipinski definition) is 3. The summed E-state index contributed by atoms with van der Waals surface area (Å²) in [5.74, 6) is -0.446. The molecule has 0 spiro atoms. The molecule has 0 radical (unpaired) electrons. The summed E-state index contributed by atoms with van der Waals surface area (Å²) in [4.78, 5) is 25.7. The van der Waals surface area contributed by atoms with Gasteiger partial charge in [-0.3, -0.25) is 9.59 Å². The molecule has 0 saturated heterocycles. The number of hydrogen-bond donors (Lipinski definition) is 1. The van der Waals surface area contributed by atoms with E-state index in [1.54, 1.807) is 18.2 Å². The van der Waals surface area contributed by atoms with Crippen molar-refractivity contribution in [2.24, 2.45) is 0 Å². The minimum atomic E-state index is -1.10. The van der Waals surface area contributed by atoms with Gasteiger partial charge in [-0.05, 0) is 59.2 Å². The van der Waals surface area contributed by atoms with E-state index in [0.717, 1.165) is 29.7 Å². The molecule has 6 heteroatoms. The van der Waals surface area contributed by atoms with Crippen LogP contribution in [0.3, 0.4) is 0 Å². The number of carbonyl (C=O) groups excluding carboxylic acids is 1. The van der Waals surface area contributed by atoms with Gasteiger partial charge in [0.1, 0.15) is 23.7 Å². The highest BCUT2D eigenvalue weighted by atomic mass is 19.1. The van der Waals surface area contributed by atoms with Crippen molar-refractivity contribution in [2.45, 2.75) is 58.0 Å². The first-order valence-corrected chi connectivity index (χ1v) is 12.7. The summed E-state index contributed by atoms with van der Waals surface area (Å²) in [6, 6.07) is 20.7. The molecule has 1 N–H and O–H groups in total. The lowest BCUT2D eigenvalue weighted by Gasteiger charge is -2.24. The molecule has 0 bridgehead atoms. The van der Waals surface area contributed by atoms with Crippen molar-refractivity contribution in [3.05, 3.63) is 100 Å². The van der Waals surface area contributed by atoms with Crippen LogP contribution >= 0.6 is 0 Å². The summed E-state index contributed by atoms with van der Waals surface area (Å²) in [5.41, 5.74) is 4.46. The first-order valence-electron chi connectivity index (χ1n) is 12.7. The van der Waals surface area contributed by atoms with Crippen molar-refractivity contribution in [1.82, 2.24) is 4.90 Å². The van der Waals surface area contributed by atoms with Gasteiger partial charge >= 0.3 is 5.97 Å². The van der Waals surface area contributed by atoms with Crippen LogP contribution in [-0.4, -0.2) is 40.6 Å². The summed E-state index contributed by atoms with van der Waals surface area (Å²) in [6.45, 7) is 6.17. The molecule has 1 amide bonds. The minimum Gasteiger partial charge on any atom is -0.487 e. The van der Waals surface area contributed by atoms with E-state index < -0.39 is 12.5 Å². The van der Waals surface area contributed by atoms with Crippen molar-refractivity contribution in [3.63, 3.8) is 0 Å². The Balaban J connectivity index is 1.41. The van der Waals surface area contributed by atoms with Crippen LogP contribution < -0.4 is 4.74 Å². The largest absolute Gasteiger partial charge is 0.487 e. The normalized spacial score (nSPS) is 16.4. The highest BCUT2D eigenvalue weighted by Crippen LogP contribution is 2.37. The predicted molar refractivity (Wildman–Crippen MR) is 141 cm³/mol. The van der Waals surface area contributed by atoms with Gasteiger partial charge in [0, 0.05) is 19.4 Å². The highest BCUT2D eigenvalue weighted by Gasteiger charge is 2.35. The third-order valence-corrected chi connectivity index (χ3v) is 6.91. The lowest BCUT2D eigenvalue weighted by molar-refractivity contribution is -0.144. The van der Waals surface area contributed by atoms with E-state index in [2.05, 4.69) is 45.0 Å². The van der Waals surface area contributed by atoms with E-state index in [1.165, 1.54) is 22.1 Å². The van der Waals surface area contributed by atoms with Crippen molar-refractivity contribution >= 4 is 11.9 Å². The maximum absolute atomic E-state index is 14.0. The first-order chi connectivity index (χ1) is 17.6. The minimum absolute atomic E-state index is 0.0746. The van der Waals surface area contributed by atoms with Gasteiger partial charge in [0.25, 0.3) is 0 Å². The average Bonchev–Trinajstić information content (AvgIpc) is 3.17. The summed E-state index contributed by atoms with van der Waals surface area (Å²) in [6.07, 6.45) is 1.82. The lowest BCUT2D eigenvalue weighted by atomic mass is 9.90. The van der Waals surface area contributed by atoms with Crippen LogP contribution in [0.25, 0.3) is 0 Å². The Labute approximate surface area is 217 Å². The van der Waals surface area contributed by atoms with Crippen molar-refractivity contribution in [3.8, 4) is 5.75 Å². The lowest BCUT2D eigenvalue weighted by Crippen LogP contribution is -2.38. The zero-order valence-electron chi connectivity index (χ0n) is 21.7. The number of carboxylic acid groups (broad SMARTS) is 1. The van der Waals surface area contributed by atoms with E-state index in [9.17, 15) is 19.1 Å². The van der Waals surface area contributed by atoms with Gasteiger partial charge in [-0.2, -0.15) is 0 Å². The number of nitrogens with zero attached hydrogens (tertiary/aromatic N) is 1. The average molecular weight is 504 g/mol. The van der Waals surface area contributed by atoms with Crippen LogP contribution in [0.5, 0.6) is 5.75 Å². The number of carboxylic acids is 1. The van der Waals surface area contributed by atoms with E-state index in [-0.39, 0.29) is 36.7 Å². The molecule has 5 nitrogen and oxygen atoms in total. The molecule has 4 rings (SSSR count). The maximum Gasteiger partial charge on any atom is 0.323 e. The van der Waals surface area contributed by atoms with Crippen LogP contribution in [0, 0.1) is 5.82 Å². The second-order valence-electron chi connectivity index (χ2n) is 10.5. The molecular formula is C31H34FNO4. The second-order valence-corrected chi connectivity index (χ2v) is 10.5. The SMILES string of the molecule is CC(C)c1ccc(C[C@]2(C)Cc3cc(CC(=O)N(CCc4ccccc4F)CC(=O)O)ccc3O2)cc1. The molecule has 0 aliphatic carbocycles. The molecule has 1 atom stereocenters. The van der Waals surface area contributed by atoms with Gasteiger partial charge in [0.2, 0.25) is 5.91 Å². The quantitative estimate of drug-likeness (QED) is 0.392. The molecule has 194 valence electrons. The third kappa shape index (κ3) is 6.76. The van der Waals surface area contributed by atoms with Crippen molar-refractivity contribution in [2.75, 3.05) is 13.1 Å². The van der Waals surface area contributed by atoms with E-state index in [4.69, 9.17) is 4.74 Å². The van der Waals surface area contributed by atoms with E-state index in [1.807, 2.05) is 18.2 Å². The molecule has 0 saturated carbocycles. The number of aliphatic carboxylic acids is 1. The van der Waals surface area contributed by atoms with Gasteiger partial charge in [-0.25, -0.2) is 4.39 Å². The number of ether oxygens (including phenoxy) is 1. The Morgan fingerprint density at radius 3 is 2.43 bits per heavy atom. The predicted octanol–water partition coefficient (Wildman–Crippen LogP) is 5.58. The Hall–Kier alpha value is -3.67. The van der Waals surface area contributed by atoms with Gasteiger partial charge < -0.3 is 14.7 Å². The van der Waals surface area contributed by atoms with Gasteiger partial charge in [-0.1, -0.05) is 68.4 Å². The smallest absolute Gasteiger partial charge is 0.323 e. The molecule has 1 heterocycles. The number of benzene rings is 3. The third-order valence-electron chi connectivity index (χ3n) is 6.91. The summed E-state index contributed by atoms with van der Waals surface area (Å²) in [7, 11) is 0. The van der Waals surface area contributed by atoms with Gasteiger partial charge in [0.15, 0.2) is 0 Å². The van der Waals surface area contributed by atoms with Gasteiger partial charge in [-0.15, -0.1) is 0 Å². The topological polar surface area (TPSA) is 66.8 Å². The molecule has 1 aliphatic rings. The molecule has 37 heavy (non-hydrogen) atoms. The maximum atomic E-state index is 14.0. The molecule has 0 unspecified atom stereocenters. The number of fused-ring (bicyclic) bond motifs is 1. The van der Waals surface area contributed by atoms with Crippen LogP contribution in [0.15, 0.2) is 66.7 Å². The molecule has 3 aromatic rings. The summed E-state index contributed by atoms with van der Waals surface area (Å²) < 4.78 is 20.3. The number of carbonyl (C=O) groups is 2. The van der Waals surface area contributed by atoms with E-state index >= 15 is 0 Å². The monoisotopic (exact) mass is 503 g/mol. The first kappa shape index (κ1) is 26.4. The second kappa shape index (κ2) is 11.2. The van der Waals surface area contributed by atoms with E-state index in [0.29, 0.717) is 11.5 Å². The number of rotatable bonds is 10. The fourth-order valence-electron chi connectivity index (χ4n) is 4.93. The zero-order chi connectivity index (χ0) is 26.6. The fraction of sp³-hybridized carbons (Fsp3) is 0.355. The number of amides is 1. The molecule has 3 aromatic carbocycles. The highest BCUT2D eigenvalue weighted by molar-refractivity contribution is 5.83. The molecular weight excluding hydrogens is 469 g/mol. The van der Waals surface area contributed by atoms with Crippen LogP contribution in [-0.2, 0) is 35.3 Å². The van der Waals surface area contributed by atoms with Crippen molar-refractivity contribution in [1.29, 1.82) is 0 Å². The van der Waals surface area contributed by atoms with Crippen LogP contribution in [0.4, 0.5) is 4.39 Å². The Morgan fingerprint density at radius 1 is 1.05 bits per heavy atom. The Bertz CT molecular complexity index is 1270. The summed E-state index contributed by atoms with van der Waals surface area (Å²) >= 11 is 0. The standard InChI is InChI=1S/C31H34FNO4/c1-21(2)24-11-8-22(9-12-24)18-31(3)19-26-16-23(10-13-28(26)37-31)17-29(34)33(20-30(35)36)15-14-25-6-4-5-7-27(25)32/h4-13,16,21H,14-15,17-20H2,1-3H3,(H,35,36)/t31-/m1/s1. The summed E-state index contributed by atoms with van der Waals surface area (Å²) in [5, 5.41) is 9.31. The van der Waals surface area contributed by atoms with Crippen LogP contribution in [0.1, 0.15) is 54.5 Å². The molecule has 1 aliphatic heterocycles. The number of halogens is 1. The Kier molecular flexibility index (Phi) is 7.96. The fourth-order valence-corrected chi connectivity index (χ4v) is 4.93. The Morgan fingerprint density at radius 2 is 1.76 bits per heavy atom. The van der Waals surface area contributed by atoms with Crippen LogP contribution in [0.2, 0.25) is 0 Å². The molecule has 0 fully saturated rings. The molecule has 0 aromatic heterocycles. The zero-order valence-corrected chi connectivity index (χ0v) is 21.7.